The molecular formula is C22H32N4O3. The lowest BCUT2D eigenvalue weighted by atomic mass is 9.92. The molecule has 0 aromatic heterocycles. The Morgan fingerprint density at radius 1 is 1.17 bits per heavy atom. The molecule has 0 radical (unpaired) electrons. The van der Waals surface area contributed by atoms with Gasteiger partial charge in [0.05, 0.1) is 19.1 Å². The van der Waals surface area contributed by atoms with Crippen LogP contribution in [0.5, 0.6) is 0 Å². The van der Waals surface area contributed by atoms with E-state index in [4.69, 9.17) is 10.5 Å². The van der Waals surface area contributed by atoms with Gasteiger partial charge in [-0.2, -0.15) is 0 Å². The molecule has 158 valence electrons. The molecule has 3 aliphatic heterocycles. The monoisotopic (exact) mass is 400 g/mol. The number of hydrogen-bond acceptors (Lipinski definition) is 5. The molecule has 7 heteroatoms. The van der Waals surface area contributed by atoms with Gasteiger partial charge in [0.25, 0.3) is 0 Å². The van der Waals surface area contributed by atoms with E-state index >= 15 is 0 Å². The van der Waals surface area contributed by atoms with E-state index in [1.54, 1.807) is 0 Å². The van der Waals surface area contributed by atoms with Crippen molar-refractivity contribution in [1.29, 1.82) is 0 Å². The third-order valence-corrected chi connectivity index (χ3v) is 6.71. The Morgan fingerprint density at radius 3 is 2.59 bits per heavy atom. The van der Waals surface area contributed by atoms with E-state index in [1.165, 1.54) is 5.56 Å². The molecule has 1 unspecified atom stereocenters. The molecule has 3 aliphatic rings. The minimum absolute atomic E-state index is 0.00787. The molecule has 3 fully saturated rings. The third-order valence-electron chi connectivity index (χ3n) is 6.71. The number of fused-ring (bicyclic) bond motifs is 2. The van der Waals surface area contributed by atoms with E-state index in [-0.39, 0.29) is 35.9 Å². The minimum atomic E-state index is -0.0764. The molecule has 3 heterocycles. The smallest absolute Gasteiger partial charge is 0.227 e. The Labute approximate surface area is 172 Å². The van der Waals surface area contributed by atoms with Crippen LogP contribution in [0.15, 0.2) is 30.3 Å². The zero-order valence-electron chi connectivity index (χ0n) is 17.2. The Balaban J connectivity index is 1.58. The first kappa shape index (κ1) is 20.3. The second-order valence-electron chi connectivity index (χ2n) is 8.41. The molecule has 2 amide bonds. The first-order valence-electron chi connectivity index (χ1n) is 10.8. The van der Waals surface area contributed by atoms with E-state index in [1.807, 2.05) is 15.9 Å². The number of piperazine rings is 1. The fraction of sp³-hybridized carbons (Fsp3) is 0.636. The van der Waals surface area contributed by atoms with E-state index < -0.39 is 0 Å². The highest BCUT2D eigenvalue weighted by Crippen LogP contribution is 2.40. The summed E-state index contributed by atoms with van der Waals surface area (Å²) in [6, 6.07) is 10.6. The van der Waals surface area contributed by atoms with Gasteiger partial charge in [0.1, 0.15) is 0 Å². The number of amides is 2. The molecule has 29 heavy (non-hydrogen) atoms. The van der Waals surface area contributed by atoms with Crippen LogP contribution in [0.1, 0.15) is 25.3 Å². The van der Waals surface area contributed by atoms with Crippen LogP contribution in [0.2, 0.25) is 0 Å². The summed E-state index contributed by atoms with van der Waals surface area (Å²) in [4.78, 5) is 32.5. The van der Waals surface area contributed by atoms with E-state index in [2.05, 4.69) is 36.1 Å². The number of ether oxygens (including phenoxy) is 1. The number of likely N-dealkylation sites (tertiary alicyclic amines) is 1. The average molecular weight is 401 g/mol. The summed E-state index contributed by atoms with van der Waals surface area (Å²) in [7, 11) is 0. The van der Waals surface area contributed by atoms with Crippen LogP contribution in [-0.2, 0) is 20.9 Å². The molecule has 1 aromatic carbocycles. The molecule has 2 bridgehead atoms. The van der Waals surface area contributed by atoms with Crippen LogP contribution in [0, 0.1) is 5.92 Å². The summed E-state index contributed by atoms with van der Waals surface area (Å²) in [5.74, 6) is 0.250. The van der Waals surface area contributed by atoms with Gasteiger partial charge >= 0.3 is 0 Å². The number of hydrogen-bond donors (Lipinski definition) is 1. The highest BCUT2D eigenvalue weighted by atomic mass is 16.5. The maximum atomic E-state index is 13.4. The fourth-order valence-electron chi connectivity index (χ4n) is 5.30. The quantitative estimate of drug-likeness (QED) is 0.787. The largest absolute Gasteiger partial charge is 0.378 e. The van der Waals surface area contributed by atoms with Crippen LogP contribution < -0.4 is 5.73 Å². The van der Waals surface area contributed by atoms with Gasteiger partial charge in [0.15, 0.2) is 0 Å². The number of rotatable bonds is 5. The number of nitrogens with zero attached hydrogens (tertiary/aromatic N) is 3. The lowest BCUT2D eigenvalue weighted by Gasteiger charge is -2.47. The summed E-state index contributed by atoms with van der Waals surface area (Å²) in [5, 5.41) is 0. The molecule has 1 aromatic rings. The molecule has 7 nitrogen and oxygen atoms in total. The number of carbonyl (C=O) groups is 2. The molecule has 0 saturated carbocycles. The summed E-state index contributed by atoms with van der Waals surface area (Å²) in [5.41, 5.74) is 6.88. The number of morpholine rings is 1. The summed E-state index contributed by atoms with van der Waals surface area (Å²) >= 11 is 0. The van der Waals surface area contributed by atoms with Gasteiger partial charge in [-0.1, -0.05) is 30.3 Å². The van der Waals surface area contributed by atoms with Crippen molar-refractivity contribution < 1.29 is 14.3 Å². The molecular weight excluding hydrogens is 368 g/mol. The van der Waals surface area contributed by atoms with Gasteiger partial charge in [-0.15, -0.1) is 0 Å². The fourth-order valence-corrected chi connectivity index (χ4v) is 5.30. The predicted octanol–water partition coefficient (Wildman–Crippen LogP) is 0.684. The molecule has 2 N–H and O–H groups in total. The molecule has 3 saturated heterocycles. The number of benzene rings is 1. The summed E-state index contributed by atoms with van der Waals surface area (Å²) in [6.07, 6.45) is 1.18. The van der Waals surface area contributed by atoms with Crippen molar-refractivity contribution >= 4 is 11.8 Å². The van der Waals surface area contributed by atoms with E-state index in [0.717, 1.165) is 13.0 Å². The molecule has 4 atom stereocenters. The van der Waals surface area contributed by atoms with Gasteiger partial charge in [-0.05, 0) is 18.9 Å². The average Bonchev–Trinajstić information content (AvgIpc) is 3.01. The zero-order valence-corrected chi connectivity index (χ0v) is 17.2. The second kappa shape index (κ2) is 8.81. The number of carbonyl (C=O) groups excluding carboxylic acids is 2. The molecule has 0 spiro atoms. The maximum Gasteiger partial charge on any atom is 0.227 e. The Morgan fingerprint density at radius 2 is 1.90 bits per heavy atom. The third kappa shape index (κ3) is 4.04. The van der Waals surface area contributed by atoms with Crippen molar-refractivity contribution in [2.75, 3.05) is 39.4 Å². The van der Waals surface area contributed by atoms with Crippen LogP contribution in [0.25, 0.3) is 0 Å². The standard InChI is InChI=1S/C22H32N4O3/c1-16-21-19(22(28)24-9-11-29-12-10-24)13-18(15-25(16)20(27)7-8-23)26(21)14-17-5-3-2-4-6-17/h2-6,16,18-19,21H,7-15,23H2,1H3/t16?,18-,19+,21-/m1/s1. The number of nitrogens with two attached hydrogens (primary N) is 1. The summed E-state index contributed by atoms with van der Waals surface area (Å²) < 4.78 is 5.43. The van der Waals surface area contributed by atoms with Crippen LogP contribution in [0.3, 0.4) is 0 Å². The van der Waals surface area contributed by atoms with Crippen molar-refractivity contribution in [3.05, 3.63) is 35.9 Å². The topological polar surface area (TPSA) is 79.1 Å². The van der Waals surface area contributed by atoms with Crippen LogP contribution in [-0.4, -0.2) is 84.0 Å². The molecule has 0 aliphatic carbocycles. The van der Waals surface area contributed by atoms with Crippen LogP contribution in [0.4, 0.5) is 0 Å². The highest BCUT2D eigenvalue weighted by Gasteiger charge is 2.53. The van der Waals surface area contributed by atoms with E-state index in [9.17, 15) is 9.59 Å². The van der Waals surface area contributed by atoms with Crippen molar-refractivity contribution in [3.63, 3.8) is 0 Å². The lowest BCUT2D eigenvalue weighted by molar-refractivity contribution is -0.145. The highest BCUT2D eigenvalue weighted by molar-refractivity contribution is 5.81. The first-order chi connectivity index (χ1) is 14.1. The van der Waals surface area contributed by atoms with E-state index in [0.29, 0.717) is 45.8 Å². The van der Waals surface area contributed by atoms with Gasteiger partial charge in [-0.3, -0.25) is 14.5 Å². The van der Waals surface area contributed by atoms with Crippen molar-refractivity contribution in [3.8, 4) is 0 Å². The van der Waals surface area contributed by atoms with Gasteiger partial charge in [0, 0.05) is 57.3 Å². The van der Waals surface area contributed by atoms with Gasteiger partial charge < -0.3 is 20.3 Å². The van der Waals surface area contributed by atoms with Gasteiger partial charge in [-0.25, -0.2) is 0 Å². The van der Waals surface area contributed by atoms with Gasteiger partial charge in [0.2, 0.25) is 11.8 Å². The first-order valence-corrected chi connectivity index (χ1v) is 10.8. The lowest BCUT2D eigenvalue weighted by Crippen LogP contribution is -2.61. The second-order valence-corrected chi connectivity index (χ2v) is 8.41. The molecule has 4 rings (SSSR count). The Bertz CT molecular complexity index is 722. The Kier molecular flexibility index (Phi) is 6.18. The predicted molar refractivity (Wildman–Crippen MR) is 110 cm³/mol. The maximum absolute atomic E-state index is 13.4. The summed E-state index contributed by atoms with van der Waals surface area (Å²) in [6.45, 7) is 6.49. The Hall–Kier alpha value is -1.96. The zero-order chi connectivity index (χ0) is 20.4. The van der Waals surface area contributed by atoms with Crippen molar-refractivity contribution in [1.82, 2.24) is 14.7 Å². The van der Waals surface area contributed by atoms with Crippen LogP contribution >= 0.6 is 0 Å². The van der Waals surface area contributed by atoms with Crippen molar-refractivity contribution in [2.24, 2.45) is 11.7 Å². The minimum Gasteiger partial charge on any atom is -0.378 e. The normalized spacial score (nSPS) is 29.9. The SMILES string of the molecule is CC1[C@@H]2[C@@H](C(=O)N3CCOCC3)C[C@H](CN1C(=O)CCN)N2Cc1ccccc1. The van der Waals surface area contributed by atoms with Crippen molar-refractivity contribution in [2.45, 2.75) is 44.4 Å².